The number of hydrogen-bond donors (Lipinski definition) is 0. The standard InChI is InChI=1S/C62H100N2.2C4H9.Ni/c1-7-13-17-18-19-20-21-22-23-24-25-26-27-28-29-30-31-32-33-34-35-36-37-38-39-40-41-42-46-60-59(45-16-10-4)61(57-49-53(11-5)47-55(51-57)43-14-8-2)64(63)62(60)58-50-54(12-6)48-56(52-58)44-15-9-3;2*1-3-4-2;/h47-52H,7-41,43-45H2,1-6H3;2*1,3-4H2,2H3;. The number of hydrogen-bond acceptors (Lipinski definition) is 0. The Morgan fingerprint density at radius 1 is 0.356 bits per heavy atom. The molecule has 418 valence electrons. The first kappa shape index (κ1) is 66.7. The molecule has 2 aromatic carbocycles. The Hall–Kier alpha value is -2.43. The van der Waals surface area contributed by atoms with Gasteiger partial charge in [-0.2, -0.15) is 0 Å². The van der Waals surface area contributed by atoms with Crippen LogP contribution in [0.25, 0.3) is 16.9 Å². The van der Waals surface area contributed by atoms with Crippen molar-refractivity contribution in [2.24, 2.45) is 0 Å². The van der Waals surface area contributed by atoms with Gasteiger partial charge < -0.3 is 5.53 Å². The minimum atomic E-state index is 0.892. The fourth-order valence-corrected chi connectivity index (χ4v) is 11.7. The van der Waals surface area contributed by atoms with E-state index in [-0.39, 0.29) is 0 Å². The van der Waals surface area contributed by atoms with Gasteiger partial charge in [0.25, 0.3) is 0 Å². The van der Waals surface area contributed by atoms with E-state index in [2.05, 4.69) is 104 Å². The van der Waals surface area contributed by atoms with Crippen molar-refractivity contribution in [1.82, 2.24) is 0 Å². The molecular weight excluding hydrogens is 927 g/mol. The monoisotopic (exact) mass is 1040 g/mol. The predicted octanol–water partition coefficient (Wildman–Crippen LogP) is 23.9. The zero-order chi connectivity index (χ0) is 52.8. The summed E-state index contributed by atoms with van der Waals surface area (Å²) in [5.74, 6) is 7.39. The van der Waals surface area contributed by atoms with Crippen LogP contribution in [-0.2, 0) is 40.1 Å². The van der Waals surface area contributed by atoms with Crippen LogP contribution in [0.4, 0.5) is 0 Å². The SMILES string of the molecule is CCCCCCCCCCCCCCCCCCCCCCCCCCCCC#CC1=C(c2cc(CC)cc(CCCC)c2)[N+](=[N-])C(c2cc(CC)cc(CCCC)c2)=C1CCCC.CCC[CH2][Ni][CH2]CCC. The third-order valence-corrected chi connectivity index (χ3v) is 16.6. The van der Waals surface area contributed by atoms with Crippen molar-refractivity contribution in [3.8, 4) is 11.8 Å². The summed E-state index contributed by atoms with van der Waals surface area (Å²) in [5, 5.41) is 2.78. The Morgan fingerprint density at radius 2 is 0.685 bits per heavy atom. The number of rotatable bonds is 45. The number of nitrogens with zero attached hydrogens (tertiary/aromatic N) is 2. The second-order valence-corrected chi connectivity index (χ2v) is 23.5. The van der Waals surface area contributed by atoms with E-state index in [0.29, 0.717) is 0 Å². The summed E-state index contributed by atoms with van der Waals surface area (Å²) in [5.41, 5.74) is 24.2. The molecule has 3 rings (SSSR count). The fourth-order valence-electron chi connectivity index (χ4n) is 10.3. The van der Waals surface area contributed by atoms with E-state index in [0.717, 1.165) is 85.9 Å². The Balaban J connectivity index is 0.00000184. The molecule has 0 unspecified atom stereocenters. The summed E-state index contributed by atoms with van der Waals surface area (Å²) >= 11 is 1.94. The first-order chi connectivity index (χ1) is 35.9. The van der Waals surface area contributed by atoms with Crippen LogP contribution in [0, 0.1) is 11.8 Å². The predicted molar refractivity (Wildman–Crippen MR) is 323 cm³/mol. The number of benzene rings is 2. The van der Waals surface area contributed by atoms with E-state index in [1.807, 2.05) is 14.4 Å². The molecule has 0 N–H and O–H groups in total. The second-order valence-electron chi connectivity index (χ2n) is 22.0. The van der Waals surface area contributed by atoms with Crippen LogP contribution in [0.2, 0.25) is 10.8 Å². The molecular formula is C70H118N2Ni. The summed E-state index contributed by atoms with van der Waals surface area (Å²) in [6.07, 6.45) is 55.3. The van der Waals surface area contributed by atoms with Crippen LogP contribution in [0.3, 0.4) is 0 Å². The maximum absolute atomic E-state index is 12.4. The molecule has 1 aliphatic heterocycles. The van der Waals surface area contributed by atoms with E-state index in [9.17, 15) is 5.53 Å². The van der Waals surface area contributed by atoms with Crippen molar-refractivity contribution < 1.29 is 19.1 Å². The topological polar surface area (TPSA) is 25.3 Å². The first-order valence-corrected chi connectivity index (χ1v) is 33.5. The van der Waals surface area contributed by atoms with Crippen molar-refractivity contribution in [1.29, 1.82) is 0 Å². The van der Waals surface area contributed by atoms with Crippen molar-refractivity contribution in [3.05, 3.63) is 86.5 Å². The van der Waals surface area contributed by atoms with Gasteiger partial charge in [-0.1, -0.05) is 245 Å². The van der Waals surface area contributed by atoms with Crippen molar-refractivity contribution in [2.75, 3.05) is 0 Å². The molecule has 0 bridgehead atoms. The summed E-state index contributed by atoms with van der Waals surface area (Å²) in [7, 11) is 0. The van der Waals surface area contributed by atoms with Crippen LogP contribution in [0.15, 0.2) is 47.5 Å². The molecule has 3 heteroatoms. The van der Waals surface area contributed by atoms with E-state index in [1.54, 1.807) is 4.70 Å². The molecule has 0 amide bonds. The van der Waals surface area contributed by atoms with Gasteiger partial charge in [0.05, 0.1) is 0 Å². The van der Waals surface area contributed by atoms with Gasteiger partial charge in [-0.3, -0.25) is 0 Å². The van der Waals surface area contributed by atoms with Crippen molar-refractivity contribution >= 4 is 11.4 Å². The van der Waals surface area contributed by atoms with Crippen LogP contribution in [0.1, 0.15) is 333 Å². The summed E-state index contributed by atoms with van der Waals surface area (Å²) in [6.45, 7) is 18.1. The molecule has 73 heavy (non-hydrogen) atoms. The Labute approximate surface area is 462 Å². The van der Waals surface area contributed by atoms with Crippen molar-refractivity contribution in [2.45, 2.75) is 336 Å². The number of allylic oxidation sites excluding steroid dienone is 2. The summed E-state index contributed by atoms with van der Waals surface area (Å²) in [4.78, 5) is 0. The molecule has 0 saturated carbocycles. The van der Waals surface area contributed by atoms with Crippen LogP contribution < -0.4 is 0 Å². The molecule has 0 spiro atoms. The quantitative estimate of drug-likeness (QED) is 0.0273. The Bertz CT molecular complexity index is 1800. The molecule has 0 radical (unpaired) electrons. The normalized spacial score (nSPS) is 12.5. The summed E-state index contributed by atoms with van der Waals surface area (Å²) in [6, 6.07) is 14.1. The van der Waals surface area contributed by atoms with Gasteiger partial charge >= 0.3 is 64.8 Å². The van der Waals surface area contributed by atoms with Crippen LogP contribution in [0.5, 0.6) is 0 Å². The average molecular weight is 1050 g/mol. The van der Waals surface area contributed by atoms with Gasteiger partial charge in [-0.15, -0.1) is 0 Å². The van der Waals surface area contributed by atoms with Gasteiger partial charge in [0.2, 0.25) is 11.4 Å². The molecule has 0 aromatic heterocycles. The Morgan fingerprint density at radius 3 is 1.05 bits per heavy atom. The molecule has 1 aliphatic rings. The van der Waals surface area contributed by atoms with Crippen LogP contribution >= 0.6 is 0 Å². The molecule has 2 nitrogen and oxygen atoms in total. The van der Waals surface area contributed by atoms with E-state index >= 15 is 0 Å². The zero-order valence-electron chi connectivity index (χ0n) is 49.8. The molecule has 0 atom stereocenters. The number of aryl methyl sites for hydroxylation is 4. The van der Waals surface area contributed by atoms with Gasteiger partial charge in [0, 0.05) is 23.1 Å². The number of unbranched alkanes of at least 4 members (excludes halogenated alkanes) is 31. The molecule has 0 saturated heterocycles. The third kappa shape index (κ3) is 30.8. The van der Waals surface area contributed by atoms with Gasteiger partial charge in [0.1, 0.15) is 5.57 Å². The molecule has 2 aromatic rings. The Kier molecular flexibility index (Phi) is 42.8. The minimum absolute atomic E-state index is 0.892. The fraction of sp³-hybridized carbons (Fsp3) is 0.743. The maximum atomic E-state index is 12.4. The van der Waals surface area contributed by atoms with Crippen LogP contribution in [-0.4, -0.2) is 4.70 Å². The van der Waals surface area contributed by atoms with E-state index in [1.165, 1.54) is 250 Å². The van der Waals surface area contributed by atoms with Gasteiger partial charge in [-0.25, -0.2) is 4.70 Å². The molecule has 0 aliphatic carbocycles. The van der Waals surface area contributed by atoms with E-state index < -0.39 is 0 Å². The molecule has 1 heterocycles. The first-order valence-electron chi connectivity index (χ1n) is 32.1. The second kappa shape index (κ2) is 46.8. The zero-order valence-corrected chi connectivity index (χ0v) is 50.8. The van der Waals surface area contributed by atoms with Crippen molar-refractivity contribution in [3.63, 3.8) is 0 Å². The van der Waals surface area contributed by atoms with Gasteiger partial charge in [0.15, 0.2) is 0 Å². The summed E-state index contributed by atoms with van der Waals surface area (Å²) < 4.78 is 1.55. The average Bonchev–Trinajstić information content (AvgIpc) is 3.69. The van der Waals surface area contributed by atoms with E-state index in [4.69, 9.17) is 0 Å². The van der Waals surface area contributed by atoms with Gasteiger partial charge in [-0.05, 0) is 104 Å². The third-order valence-electron chi connectivity index (χ3n) is 15.2. The molecule has 0 fully saturated rings.